The highest BCUT2D eigenvalue weighted by Crippen LogP contribution is 2.37. The molecular formula is C45H54O5Si. The topological polar surface area (TPSA) is 46.2 Å². The van der Waals surface area contributed by atoms with Gasteiger partial charge in [-0.2, -0.15) is 0 Å². The van der Waals surface area contributed by atoms with Gasteiger partial charge >= 0.3 is 0 Å². The molecule has 3 unspecified atom stereocenters. The van der Waals surface area contributed by atoms with Crippen LogP contribution in [0.3, 0.4) is 0 Å². The highest BCUT2D eigenvalue weighted by Gasteiger charge is 2.50. The summed E-state index contributed by atoms with van der Waals surface area (Å²) in [6, 6.07) is 50.3. The maximum Gasteiger partial charge on any atom is 0.261 e. The SMILES string of the molecule is CCC(OCc1ccccc1)C(OCc1ccccc1)C(CCO[Si](c1ccccc1)(c1ccccc1)C(C)(C)C)OCc1ccc(OC)cc1. The summed E-state index contributed by atoms with van der Waals surface area (Å²) in [6.07, 6.45) is 0.535. The first-order chi connectivity index (χ1) is 24.8. The Morgan fingerprint density at radius 3 is 1.41 bits per heavy atom. The lowest BCUT2D eigenvalue weighted by Gasteiger charge is -2.43. The van der Waals surface area contributed by atoms with E-state index in [-0.39, 0.29) is 23.4 Å². The van der Waals surface area contributed by atoms with Crippen molar-refractivity contribution in [1.82, 2.24) is 0 Å². The van der Waals surface area contributed by atoms with Gasteiger partial charge in [0.2, 0.25) is 0 Å². The summed E-state index contributed by atoms with van der Waals surface area (Å²) in [4.78, 5) is 0. The number of benzene rings is 5. The maximum atomic E-state index is 7.38. The lowest BCUT2D eigenvalue weighted by atomic mass is 10.0. The molecule has 6 heteroatoms. The van der Waals surface area contributed by atoms with Crippen LogP contribution < -0.4 is 15.1 Å². The summed E-state index contributed by atoms with van der Waals surface area (Å²) in [5, 5.41) is 2.38. The molecule has 0 aliphatic heterocycles. The van der Waals surface area contributed by atoms with Crippen LogP contribution in [0.5, 0.6) is 5.75 Å². The molecule has 5 aromatic carbocycles. The van der Waals surface area contributed by atoms with Gasteiger partial charge in [0.05, 0.1) is 39.1 Å². The number of hydrogen-bond acceptors (Lipinski definition) is 5. The third-order valence-corrected chi connectivity index (χ3v) is 14.5. The average molecular weight is 703 g/mol. The minimum absolute atomic E-state index is 0.136. The normalized spacial score (nSPS) is 13.7. The molecule has 0 aromatic heterocycles. The first-order valence-electron chi connectivity index (χ1n) is 18.1. The van der Waals surface area contributed by atoms with Gasteiger partial charge in [0.1, 0.15) is 11.9 Å². The molecule has 0 saturated carbocycles. The molecule has 0 spiro atoms. The number of rotatable bonds is 19. The van der Waals surface area contributed by atoms with Gasteiger partial charge in [-0.05, 0) is 57.1 Å². The Morgan fingerprint density at radius 2 is 0.961 bits per heavy atom. The monoisotopic (exact) mass is 702 g/mol. The van der Waals surface area contributed by atoms with Crippen molar-refractivity contribution in [3.63, 3.8) is 0 Å². The van der Waals surface area contributed by atoms with E-state index in [0.717, 1.165) is 28.9 Å². The van der Waals surface area contributed by atoms with Crippen molar-refractivity contribution >= 4 is 18.7 Å². The largest absolute Gasteiger partial charge is 0.497 e. The van der Waals surface area contributed by atoms with Crippen LogP contribution in [0.25, 0.3) is 0 Å². The number of methoxy groups -OCH3 is 1. The molecule has 5 rings (SSSR count). The molecule has 0 fully saturated rings. The predicted octanol–water partition coefficient (Wildman–Crippen LogP) is 9.13. The third-order valence-electron chi connectivity index (χ3n) is 9.49. The Morgan fingerprint density at radius 1 is 0.529 bits per heavy atom. The van der Waals surface area contributed by atoms with Crippen LogP contribution in [0.1, 0.15) is 57.2 Å². The molecule has 0 heterocycles. The molecule has 5 aromatic rings. The Hall–Kier alpha value is -4.04. The fraction of sp³-hybridized carbons (Fsp3) is 0.333. The van der Waals surface area contributed by atoms with Gasteiger partial charge in [-0.25, -0.2) is 0 Å². The molecule has 0 saturated heterocycles. The molecule has 0 amide bonds. The van der Waals surface area contributed by atoms with Crippen LogP contribution in [0.2, 0.25) is 5.04 Å². The van der Waals surface area contributed by atoms with Crippen LogP contribution in [0.15, 0.2) is 146 Å². The van der Waals surface area contributed by atoms with Crippen LogP contribution in [0.4, 0.5) is 0 Å². The van der Waals surface area contributed by atoms with Crippen molar-refractivity contribution in [3.8, 4) is 5.75 Å². The zero-order valence-corrected chi connectivity index (χ0v) is 31.9. The fourth-order valence-electron chi connectivity index (χ4n) is 6.80. The number of hydrogen-bond donors (Lipinski definition) is 0. The maximum absolute atomic E-state index is 7.38. The molecule has 0 bridgehead atoms. The minimum atomic E-state index is -2.76. The quantitative estimate of drug-likeness (QED) is 0.0804. The van der Waals surface area contributed by atoms with Gasteiger partial charge < -0.3 is 23.4 Å². The first-order valence-corrected chi connectivity index (χ1v) is 20.1. The van der Waals surface area contributed by atoms with Crippen molar-refractivity contribution in [1.29, 1.82) is 0 Å². The van der Waals surface area contributed by atoms with Gasteiger partial charge in [-0.15, -0.1) is 0 Å². The summed E-state index contributed by atoms with van der Waals surface area (Å²) in [5.74, 6) is 0.818. The van der Waals surface area contributed by atoms with E-state index in [4.69, 9.17) is 23.4 Å². The molecule has 0 aliphatic rings. The van der Waals surface area contributed by atoms with E-state index in [1.165, 1.54) is 10.4 Å². The van der Waals surface area contributed by atoms with Crippen LogP contribution in [-0.2, 0) is 38.5 Å². The van der Waals surface area contributed by atoms with Gasteiger partial charge in [-0.3, -0.25) is 0 Å². The summed E-state index contributed by atoms with van der Waals surface area (Å²) < 4.78 is 33.2. The second-order valence-electron chi connectivity index (χ2n) is 14.0. The number of ether oxygens (including phenoxy) is 4. The Labute approximate surface area is 306 Å². The van der Waals surface area contributed by atoms with Crippen LogP contribution in [0, 0.1) is 0 Å². The Balaban J connectivity index is 1.47. The summed E-state index contributed by atoms with van der Waals surface area (Å²) in [5.41, 5.74) is 3.30. The highest BCUT2D eigenvalue weighted by atomic mass is 28.4. The molecule has 5 nitrogen and oxygen atoms in total. The summed E-state index contributed by atoms with van der Waals surface area (Å²) in [6.45, 7) is 11.0. The lowest BCUT2D eigenvalue weighted by molar-refractivity contribution is -0.155. The van der Waals surface area contributed by atoms with Crippen molar-refractivity contribution in [2.75, 3.05) is 13.7 Å². The highest BCUT2D eigenvalue weighted by molar-refractivity contribution is 6.99. The van der Waals surface area contributed by atoms with Gasteiger partial charge in [-0.1, -0.05) is 161 Å². The van der Waals surface area contributed by atoms with E-state index in [2.05, 4.69) is 125 Å². The molecule has 268 valence electrons. The Bertz CT molecular complexity index is 1640. The Kier molecular flexibility index (Phi) is 14.2. The molecule has 0 aliphatic carbocycles. The minimum Gasteiger partial charge on any atom is -0.497 e. The van der Waals surface area contributed by atoms with Crippen molar-refractivity contribution in [2.24, 2.45) is 0 Å². The van der Waals surface area contributed by atoms with E-state index in [1.807, 2.05) is 48.5 Å². The third kappa shape index (κ3) is 10.3. The predicted molar refractivity (Wildman–Crippen MR) is 210 cm³/mol. The first kappa shape index (κ1) is 38.2. The van der Waals surface area contributed by atoms with E-state index in [0.29, 0.717) is 32.8 Å². The van der Waals surface area contributed by atoms with Gasteiger partial charge in [0.15, 0.2) is 0 Å². The zero-order valence-electron chi connectivity index (χ0n) is 30.9. The molecular weight excluding hydrogens is 649 g/mol. The molecule has 0 radical (unpaired) electrons. The summed E-state index contributed by atoms with van der Waals surface area (Å²) in [7, 11) is -1.07. The standard InChI is InChI=1S/C45H54O5Si/c1-6-42(47-33-36-19-11-7-12-20-36)44(49-35-37-21-13-8-14-22-37)43(48-34-38-27-29-39(46-5)30-28-38)31-32-50-51(45(2,3)4,40-23-15-9-16-24-40)41-25-17-10-18-26-41/h7-30,42-44H,6,31-35H2,1-5H3. The van der Waals surface area contributed by atoms with E-state index in [1.54, 1.807) is 7.11 Å². The van der Waals surface area contributed by atoms with Crippen molar-refractivity contribution < 1.29 is 23.4 Å². The fourth-order valence-corrected chi connectivity index (χ4v) is 11.4. The van der Waals surface area contributed by atoms with E-state index in [9.17, 15) is 0 Å². The zero-order chi connectivity index (χ0) is 35.9. The second kappa shape index (κ2) is 19.0. The summed E-state index contributed by atoms with van der Waals surface area (Å²) >= 11 is 0. The average Bonchev–Trinajstić information content (AvgIpc) is 3.17. The molecule has 3 atom stereocenters. The van der Waals surface area contributed by atoms with E-state index >= 15 is 0 Å². The van der Waals surface area contributed by atoms with E-state index < -0.39 is 8.32 Å². The van der Waals surface area contributed by atoms with Crippen molar-refractivity contribution in [2.45, 2.75) is 83.7 Å². The van der Waals surface area contributed by atoms with Crippen LogP contribution >= 0.6 is 0 Å². The molecule has 51 heavy (non-hydrogen) atoms. The smallest absolute Gasteiger partial charge is 0.261 e. The van der Waals surface area contributed by atoms with Gasteiger partial charge in [0.25, 0.3) is 8.32 Å². The lowest BCUT2D eigenvalue weighted by Crippen LogP contribution is -2.66. The second-order valence-corrected chi connectivity index (χ2v) is 18.3. The van der Waals surface area contributed by atoms with Gasteiger partial charge in [0, 0.05) is 6.61 Å². The molecule has 0 N–H and O–H groups in total. The van der Waals surface area contributed by atoms with Crippen LogP contribution in [-0.4, -0.2) is 40.3 Å². The van der Waals surface area contributed by atoms with Crippen molar-refractivity contribution in [3.05, 3.63) is 162 Å².